The van der Waals surface area contributed by atoms with Gasteiger partial charge in [0, 0.05) is 24.8 Å². The fourth-order valence-corrected chi connectivity index (χ4v) is 3.82. The van der Waals surface area contributed by atoms with Gasteiger partial charge in [-0.3, -0.25) is 4.99 Å². The van der Waals surface area contributed by atoms with Crippen molar-refractivity contribution in [3.8, 4) is 0 Å². The fraction of sp³-hybridized carbons (Fsp3) is 0.812. The van der Waals surface area contributed by atoms with Crippen molar-refractivity contribution in [3.63, 3.8) is 0 Å². The van der Waals surface area contributed by atoms with Crippen molar-refractivity contribution in [1.29, 1.82) is 0 Å². The van der Waals surface area contributed by atoms with Crippen LogP contribution in [0.25, 0.3) is 0 Å². The molecule has 0 radical (unpaired) electrons. The van der Waals surface area contributed by atoms with Crippen molar-refractivity contribution >= 4 is 28.9 Å². The van der Waals surface area contributed by atoms with E-state index < -0.39 is 5.60 Å². The number of nitrogens with zero attached hydrogens (tertiary/aromatic N) is 2. The summed E-state index contributed by atoms with van der Waals surface area (Å²) in [5, 5.41) is 1.03. The van der Waals surface area contributed by atoms with Crippen molar-refractivity contribution in [3.05, 3.63) is 0 Å². The zero-order valence-electron chi connectivity index (χ0n) is 14.3. The molecule has 2 aliphatic rings. The van der Waals surface area contributed by atoms with Crippen molar-refractivity contribution in [1.82, 2.24) is 4.90 Å². The van der Waals surface area contributed by atoms with Gasteiger partial charge in [-0.25, -0.2) is 9.59 Å². The molecule has 0 unspecified atom stereocenters. The number of rotatable bonds is 3. The number of thioether (sulfide) groups is 1. The molecule has 1 fully saturated rings. The number of hydrogen-bond acceptors (Lipinski definition) is 6. The van der Waals surface area contributed by atoms with Crippen LogP contribution < -0.4 is 0 Å². The molecular weight excluding hydrogens is 316 g/mol. The minimum absolute atomic E-state index is 0.235. The first-order valence-corrected chi connectivity index (χ1v) is 9.13. The highest BCUT2D eigenvalue weighted by Crippen LogP contribution is 2.30. The van der Waals surface area contributed by atoms with E-state index in [1.165, 1.54) is 0 Å². The second-order valence-corrected chi connectivity index (χ2v) is 7.83. The van der Waals surface area contributed by atoms with Crippen molar-refractivity contribution in [2.75, 3.05) is 25.4 Å². The van der Waals surface area contributed by atoms with Gasteiger partial charge in [0.15, 0.2) is 6.04 Å². The number of aliphatic imine (C=N–C) groups is 1. The summed E-state index contributed by atoms with van der Waals surface area (Å²) in [6.07, 6.45) is 1.47. The predicted octanol–water partition coefficient (Wildman–Crippen LogP) is 2.71. The van der Waals surface area contributed by atoms with Crippen LogP contribution >= 0.6 is 11.8 Å². The van der Waals surface area contributed by atoms with Crippen LogP contribution in [0, 0.1) is 5.92 Å². The Morgan fingerprint density at radius 2 is 1.96 bits per heavy atom. The lowest BCUT2D eigenvalue weighted by Gasteiger charge is -2.33. The molecule has 1 atom stereocenters. The van der Waals surface area contributed by atoms with Gasteiger partial charge < -0.3 is 14.4 Å². The largest absolute Gasteiger partial charge is 0.464 e. The third kappa shape index (κ3) is 5.12. The van der Waals surface area contributed by atoms with Gasteiger partial charge in [0.05, 0.1) is 11.7 Å². The van der Waals surface area contributed by atoms with E-state index in [-0.39, 0.29) is 18.1 Å². The summed E-state index contributed by atoms with van der Waals surface area (Å²) in [6, 6.07) is -0.362. The minimum atomic E-state index is -0.466. The number of esters is 1. The standard InChI is InChI=1S/C16H26N2O4S/c1-5-21-14(19)12-10-23-13(17-12)11-6-8-18(9-7-11)15(20)22-16(2,3)4/h11-12H,5-10H2,1-4H3/t12-/m1/s1. The Kier molecular flexibility index (Phi) is 5.95. The number of carbonyl (C=O) groups excluding carboxylic acids is 2. The number of ether oxygens (including phenoxy) is 2. The zero-order valence-corrected chi connectivity index (χ0v) is 15.1. The minimum Gasteiger partial charge on any atom is -0.464 e. The van der Waals surface area contributed by atoms with Gasteiger partial charge in [-0.1, -0.05) is 0 Å². The van der Waals surface area contributed by atoms with Crippen LogP contribution in [0.3, 0.4) is 0 Å². The number of carbonyl (C=O) groups is 2. The summed E-state index contributed by atoms with van der Waals surface area (Å²) in [6.45, 7) is 9.15. The molecule has 0 aromatic carbocycles. The molecule has 2 heterocycles. The van der Waals surface area contributed by atoms with E-state index in [9.17, 15) is 9.59 Å². The van der Waals surface area contributed by atoms with Crippen LogP contribution in [0.5, 0.6) is 0 Å². The van der Waals surface area contributed by atoms with Gasteiger partial charge in [0.25, 0.3) is 0 Å². The third-order valence-corrected chi connectivity index (χ3v) is 4.94. The molecule has 0 bridgehead atoms. The Labute approximate surface area is 142 Å². The Morgan fingerprint density at radius 1 is 1.30 bits per heavy atom. The SMILES string of the molecule is CCOC(=O)[C@H]1CSC(C2CCN(C(=O)OC(C)(C)C)CC2)=N1. The van der Waals surface area contributed by atoms with E-state index >= 15 is 0 Å². The predicted molar refractivity (Wildman–Crippen MR) is 90.8 cm³/mol. The average molecular weight is 342 g/mol. The van der Waals surface area contributed by atoms with E-state index in [0.717, 1.165) is 17.9 Å². The number of hydrogen-bond donors (Lipinski definition) is 0. The van der Waals surface area contributed by atoms with Gasteiger partial charge in [0.1, 0.15) is 5.60 Å². The van der Waals surface area contributed by atoms with Crippen molar-refractivity contribution in [2.45, 2.75) is 52.2 Å². The Bertz CT molecular complexity index is 479. The summed E-state index contributed by atoms with van der Waals surface area (Å²) in [4.78, 5) is 30.1. The first kappa shape index (κ1) is 18.1. The Balaban J connectivity index is 1.84. The molecule has 0 N–H and O–H groups in total. The van der Waals surface area contributed by atoms with Gasteiger partial charge in [-0.2, -0.15) is 0 Å². The maximum Gasteiger partial charge on any atom is 0.410 e. The molecule has 23 heavy (non-hydrogen) atoms. The summed E-state index contributed by atoms with van der Waals surface area (Å²) < 4.78 is 10.4. The van der Waals surface area contributed by atoms with E-state index in [2.05, 4.69) is 4.99 Å². The lowest BCUT2D eigenvalue weighted by atomic mass is 9.98. The van der Waals surface area contributed by atoms with Crippen LogP contribution in [-0.4, -0.2) is 59.1 Å². The van der Waals surface area contributed by atoms with E-state index in [1.807, 2.05) is 20.8 Å². The van der Waals surface area contributed by atoms with Crippen LogP contribution in [0.4, 0.5) is 4.79 Å². The number of likely N-dealkylation sites (tertiary alicyclic amines) is 1. The van der Waals surface area contributed by atoms with Crippen molar-refractivity contribution in [2.24, 2.45) is 10.9 Å². The van der Waals surface area contributed by atoms with Crippen LogP contribution in [0.15, 0.2) is 4.99 Å². The van der Waals surface area contributed by atoms with E-state index in [1.54, 1.807) is 23.6 Å². The van der Waals surface area contributed by atoms with Crippen LogP contribution in [0.2, 0.25) is 0 Å². The summed E-state index contributed by atoms with van der Waals surface area (Å²) >= 11 is 1.65. The van der Waals surface area contributed by atoms with E-state index in [4.69, 9.17) is 9.47 Å². The highest BCUT2D eigenvalue weighted by Gasteiger charge is 2.33. The smallest absolute Gasteiger partial charge is 0.410 e. The topological polar surface area (TPSA) is 68.2 Å². The van der Waals surface area contributed by atoms with E-state index in [0.29, 0.717) is 31.4 Å². The second kappa shape index (κ2) is 7.55. The first-order chi connectivity index (χ1) is 10.8. The summed E-state index contributed by atoms with van der Waals surface area (Å²) in [5.74, 6) is 0.764. The van der Waals surface area contributed by atoms with Crippen LogP contribution in [-0.2, 0) is 14.3 Å². The molecule has 0 aromatic heterocycles. The summed E-state index contributed by atoms with van der Waals surface area (Å²) in [5.41, 5.74) is -0.466. The van der Waals surface area contributed by atoms with Gasteiger partial charge in [-0.15, -0.1) is 11.8 Å². The average Bonchev–Trinajstić information content (AvgIpc) is 2.96. The Hall–Kier alpha value is -1.24. The maximum absolute atomic E-state index is 12.1. The second-order valence-electron chi connectivity index (χ2n) is 6.79. The van der Waals surface area contributed by atoms with Crippen LogP contribution in [0.1, 0.15) is 40.5 Å². The molecular formula is C16H26N2O4S. The number of piperidine rings is 1. The van der Waals surface area contributed by atoms with Gasteiger partial charge >= 0.3 is 12.1 Å². The normalized spacial score (nSPS) is 22.7. The first-order valence-electron chi connectivity index (χ1n) is 8.15. The summed E-state index contributed by atoms with van der Waals surface area (Å²) in [7, 11) is 0. The Morgan fingerprint density at radius 3 is 2.52 bits per heavy atom. The highest BCUT2D eigenvalue weighted by atomic mass is 32.2. The molecule has 2 aliphatic heterocycles. The quantitative estimate of drug-likeness (QED) is 0.738. The molecule has 130 valence electrons. The monoisotopic (exact) mass is 342 g/mol. The molecule has 0 saturated carbocycles. The van der Waals surface area contributed by atoms with Gasteiger partial charge in [-0.05, 0) is 40.5 Å². The fourth-order valence-electron chi connectivity index (χ4n) is 2.61. The molecule has 0 aromatic rings. The van der Waals surface area contributed by atoms with Crippen molar-refractivity contribution < 1.29 is 19.1 Å². The van der Waals surface area contributed by atoms with Gasteiger partial charge in [0.2, 0.25) is 0 Å². The lowest BCUT2D eigenvalue weighted by Crippen LogP contribution is -2.42. The highest BCUT2D eigenvalue weighted by molar-refractivity contribution is 8.14. The molecule has 7 heteroatoms. The molecule has 0 aliphatic carbocycles. The lowest BCUT2D eigenvalue weighted by molar-refractivity contribution is -0.143. The molecule has 1 saturated heterocycles. The maximum atomic E-state index is 12.1. The molecule has 2 rings (SSSR count). The molecule has 6 nitrogen and oxygen atoms in total. The molecule has 0 spiro atoms. The number of amides is 1. The molecule has 1 amide bonds. The zero-order chi connectivity index (χ0) is 17.0. The third-order valence-electron chi connectivity index (χ3n) is 3.73.